The first-order valence-electron chi connectivity index (χ1n) is 9.93. The van der Waals surface area contributed by atoms with Crippen molar-refractivity contribution in [3.8, 4) is 5.75 Å². The third kappa shape index (κ3) is 4.45. The van der Waals surface area contributed by atoms with Crippen molar-refractivity contribution in [3.63, 3.8) is 0 Å². The van der Waals surface area contributed by atoms with Crippen molar-refractivity contribution in [2.75, 3.05) is 18.6 Å². The monoisotopic (exact) mass is 451 g/mol. The molecule has 0 aliphatic heterocycles. The van der Waals surface area contributed by atoms with Crippen LogP contribution in [0.5, 0.6) is 5.75 Å². The average molecular weight is 452 g/mol. The largest absolute Gasteiger partial charge is 0.497 e. The van der Waals surface area contributed by atoms with Gasteiger partial charge in [0.05, 0.1) is 28.6 Å². The van der Waals surface area contributed by atoms with Gasteiger partial charge in [0.25, 0.3) is 11.6 Å². The number of carbonyl (C=O) groups excluding carboxylic acids is 1. The minimum atomic E-state index is -0.473. The van der Waals surface area contributed by atoms with Gasteiger partial charge in [-0.3, -0.25) is 19.8 Å². The summed E-state index contributed by atoms with van der Waals surface area (Å²) in [5, 5.41) is 11.9. The molecule has 0 saturated carbocycles. The normalized spacial score (nSPS) is 10.9. The number of aryl methyl sites for hydroxylation is 2. The molecule has 2 aromatic carbocycles. The topological polar surface area (TPSA) is 103 Å². The number of nitro benzene ring substituents is 1. The molecule has 0 fully saturated rings. The van der Waals surface area contributed by atoms with Crippen LogP contribution in [0.2, 0.25) is 0 Å². The Morgan fingerprint density at radius 3 is 2.84 bits per heavy atom. The van der Waals surface area contributed by atoms with E-state index in [9.17, 15) is 14.9 Å². The molecule has 0 atom stereocenters. The number of nitrogens with zero attached hydrogens (tertiary/aromatic N) is 5. The lowest BCUT2D eigenvalue weighted by Crippen LogP contribution is -2.32. The number of hydrogen-bond acceptors (Lipinski definition) is 7. The number of ether oxygens (including phenoxy) is 1. The Labute approximate surface area is 188 Å². The first kappa shape index (κ1) is 21.4. The molecule has 0 spiro atoms. The van der Waals surface area contributed by atoms with Crippen LogP contribution in [-0.2, 0) is 6.54 Å². The molecular weight excluding hydrogens is 430 g/mol. The van der Waals surface area contributed by atoms with Crippen LogP contribution in [0.3, 0.4) is 0 Å². The predicted octanol–water partition coefficient (Wildman–Crippen LogP) is 4.46. The Morgan fingerprint density at radius 2 is 2.12 bits per heavy atom. The number of fused-ring (bicyclic) bond motifs is 1. The van der Waals surface area contributed by atoms with Crippen LogP contribution in [0.25, 0.3) is 10.2 Å². The molecule has 0 saturated heterocycles. The average Bonchev–Trinajstić information content (AvgIpc) is 3.45. The van der Waals surface area contributed by atoms with Gasteiger partial charge in [-0.1, -0.05) is 17.4 Å². The van der Waals surface area contributed by atoms with Gasteiger partial charge in [0, 0.05) is 42.7 Å². The Kier molecular flexibility index (Phi) is 6.13. The van der Waals surface area contributed by atoms with Crippen LogP contribution in [0.4, 0.5) is 10.8 Å². The molecule has 164 valence electrons. The van der Waals surface area contributed by atoms with E-state index >= 15 is 0 Å². The third-order valence-corrected chi connectivity index (χ3v) is 6.11. The lowest BCUT2D eigenvalue weighted by molar-refractivity contribution is -0.385. The van der Waals surface area contributed by atoms with Gasteiger partial charge >= 0.3 is 0 Å². The standard InChI is InChI=1S/C22H21N5O4S/c1-15-4-5-16(12-19(15)27(29)30)21(28)26(10-3-9-25-11-8-23-14-25)22-24-18-7-6-17(31-2)13-20(18)32-22/h4-8,11-14H,3,9-10H2,1-2H3. The molecule has 2 aromatic heterocycles. The van der Waals surface area contributed by atoms with E-state index in [2.05, 4.69) is 9.97 Å². The van der Waals surface area contributed by atoms with Crippen LogP contribution in [-0.4, -0.2) is 39.0 Å². The van der Waals surface area contributed by atoms with E-state index in [1.165, 1.54) is 17.4 Å². The molecule has 0 unspecified atom stereocenters. The van der Waals surface area contributed by atoms with Gasteiger partial charge < -0.3 is 9.30 Å². The van der Waals surface area contributed by atoms with Crippen LogP contribution >= 0.6 is 11.3 Å². The Bertz CT molecular complexity index is 1270. The molecular formula is C22H21N5O4S. The summed E-state index contributed by atoms with van der Waals surface area (Å²) < 4.78 is 8.11. The van der Waals surface area contributed by atoms with Gasteiger partial charge in [-0.15, -0.1) is 0 Å². The lowest BCUT2D eigenvalue weighted by atomic mass is 10.1. The number of benzene rings is 2. The summed E-state index contributed by atoms with van der Waals surface area (Å²) in [6.45, 7) is 2.72. The number of nitro groups is 1. The number of thiazole rings is 1. The number of amides is 1. The Morgan fingerprint density at radius 1 is 1.28 bits per heavy atom. The van der Waals surface area contributed by atoms with E-state index < -0.39 is 4.92 Å². The number of carbonyl (C=O) groups is 1. The third-order valence-electron chi connectivity index (χ3n) is 5.07. The summed E-state index contributed by atoms with van der Waals surface area (Å²) in [4.78, 5) is 34.6. The van der Waals surface area contributed by atoms with Crippen molar-refractivity contribution >= 4 is 38.3 Å². The van der Waals surface area contributed by atoms with Crippen molar-refractivity contribution in [1.82, 2.24) is 14.5 Å². The highest BCUT2D eigenvalue weighted by Crippen LogP contribution is 2.33. The highest BCUT2D eigenvalue weighted by atomic mass is 32.1. The Balaban J connectivity index is 1.67. The van der Waals surface area contributed by atoms with Crippen molar-refractivity contribution in [1.29, 1.82) is 0 Å². The number of imidazole rings is 1. The molecule has 32 heavy (non-hydrogen) atoms. The smallest absolute Gasteiger partial charge is 0.273 e. The second kappa shape index (κ2) is 9.15. The summed E-state index contributed by atoms with van der Waals surface area (Å²) in [5.74, 6) is 0.379. The summed E-state index contributed by atoms with van der Waals surface area (Å²) in [6.07, 6.45) is 5.95. The van der Waals surface area contributed by atoms with Gasteiger partial charge in [-0.05, 0) is 37.6 Å². The van der Waals surface area contributed by atoms with Crippen LogP contribution in [0.1, 0.15) is 22.3 Å². The zero-order valence-corrected chi connectivity index (χ0v) is 18.4. The van der Waals surface area contributed by atoms with E-state index in [0.717, 1.165) is 10.2 Å². The zero-order chi connectivity index (χ0) is 22.7. The molecule has 2 heterocycles. The number of methoxy groups -OCH3 is 1. The van der Waals surface area contributed by atoms with Crippen molar-refractivity contribution in [3.05, 3.63) is 76.4 Å². The van der Waals surface area contributed by atoms with Gasteiger partial charge in [0.15, 0.2) is 5.13 Å². The molecule has 9 nitrogen and oxygen atoms in total. The second-order valence-corrected chi connectivity index (χ2v) is 8.21. The quantitative estimate of drug-likeness (QED) is 0.289. The molecule has 0 N–H and O–H groups in total. The number of hydrogen-bond donors (Lipinski definition) is 0. The van der Waals surface area contributed by atoms with Crippen LogP contribution in [0, 0.1) is 17.0 Å². The fourth-order valence-electron chi connectivity index (χ4n) is 3.34. The molecule has 0 radical (unpaired) electrons. The van der Waals surface area contributed by atoms with E-state index in [1.54, 1.807) is 43.6 Å². The number of aromatic nitrogens is 3. The maximum absolute atomic E-state index is 13.4. The highest BCUT2D eigenvalue weighted by Gasteiger charge is 2.23. The van der Waals surface area contributed by atoms with Crippen molar-refractivity contribution in [2.45, 2.75) is 19.9 Å². The number of rotatable bonds is 8. The van der Waals surface area contributed by atoms with E-state index in [-0.39, 0.29) is 17.2 Å². The fourth-order valence-corrected chi connectivity index (χ4v) is 4.36. The predicted molar refractivity (Wildman–Crippen MR) is 123 cm³/mol. The van der Waals surface area contributed by atoms with Gasteiger partial charge in [-0.25, -0.2) is 9.97 Å². The van der Waals surface area contributed by atoms with Gasteiger partial charge in [0.2, 0.25) is 0 Å². The summed E-state index contributed by atoms with van der Waals surface area (Å²) >= 11 is 1.38. The lowest BCUT2D eigenvalue weighted by Gasteiger charge is -2.20. The summed E-state index contributed by atoms with van der Waals surface area (Å²) in [5.41, 5.74) is 1.43. The maximum atomic E-state index is 13.4. The fraction of sp³-hybridized carbons (Fsp3) is 0.227. The van der Waals surface area contributed by atoms with Gasteiger partial charge in [0.1, 0.15) is 5.75 Å². The van der Waals surface area contributed by atoms with E-state index in [4.69, 9.17) is 4.74 Å². The minimum Gasteiger partial charge on any atom is -0.497 e. The van der Waals surface area contributed by atoms with E-state index in [1.807, 2.05) is 29.0 Å². The van der Waals surface area contributed by atoms with Crippen LogP contribution in [0.15, 0.2) is 55.1 Å². The first-order valence-corrected chi connectivity index (χ1v) is 10.7. The molecule has 4 rings (SSSR count). The van der Waals surface area contributed by atoms with Crippen molar-refractivity contribution < 1.29 is 14.5 Å². The molecule has 10 heteroatoms. The summed E-state index contributed by atoms with van der Waals surface area (Å²) in [7, 11) is 1.60. The number of anilines is 1. The zero-order valence-electron chi connectivity index (χ0n) is 17.6. The van der Waals surface area contributed by atoms with Gasteiger partial charge in [-0.2, -0.15) is 0 Å². The summed E-state index contributed by atoms with van der Waals surface area (Å²) in [6, 6.07) is 10.1. The SMILES string of the molecule is COc1ccc2nc(N(CCCn3ccnc3)C(=O)c3ccc(C)c([N+](=O)[O-])c3)sc2c1. The molecule has 1 amide bonds. The van der Waals surface area contributed by atoms with Crippen LogP contribution < -0.4 is 9.64 Å². The minimum absolute atomic E-state index is 0.0803. The van der Waals surface area contributed by atoms with Crippen molar-refractivity contribution in [2.24, 2.45) is 0 Å². The molecule has 0 bridgehead atoms. The Hall–Kier alpha value is -3.79. The van der Waals surface area contributed by atoms with E-state index in [0.29, 0.717) is 36.0 Å². The second-order valence-electron chi connectivity index (χ2n) is 7.20. The first-order chi connectivity index (χ1) is 15.5. The maximum Gasteiger partial charge on any atom is 0.273 e. The molecule has 0 aliphatic carbocycles. The molecule has 4 aromatic rings. The highest BCUT2D eigenvalue weighted by molar-refractivity contribution is 7.22. The molecule has 0 aliphatic rings.